The molecule has 0 aliphatic heterocycles. The van der Waals surface area contributed by atoms with Crippen LogP contribution in [-0.2, 0) is 10.1 Å². The van der Waals surface area contributed by atoms with Gasteiger partial charge >= 0.3 is 10.1 Å². The molecule has 1 aromatic heterocycles. The van der Waals surface area contributed by atoms with Gasteiger partial charge in [0.2, 0.25) is 0 Å². The van der Waals surface area contributed by atoms with Gasteiger partial charge in [-0.3, -0.25) is 5.10 Å². The monoisotopic (exact) mass is 282 g/mol. The number of benzene rings is 1. The number of nitrogens with zero attached hydrogens (tertiary/aromatic N) is 1. The van der Waals surface area contributed by atoms with E-state index in [1.165, 1.54) is 25.1 Å². The molecule has 2 N–H and O–H groups in total. The summed E-state index contributed by atoms with van der Waals surface area (Å²) in [6, 6.07) is 7.64. The minimum absolute atomic E-state index is 0.0553. The molecule has 2 rings (SSSR count). The van der Waals surface area contributed by atoms with Gasteiger partial charge in [0, 0.05) is 6.07 Å². The van der Waals surface area contributed by atoms with Crippen molar-refractivity contribution in [2.75, 3.05) is 0 Å². The zero-order valence-corrected chi connectivity index (χ0v) is 11.3. The van der Waals surface area contributed by atoms with E-state index in [9.17, 15) is 13.5 Å². The Hall–Kier alpha value is -1.86. The minimum Gasteiger partial charge on any atom is -0.387 e. The summed E-state index contributed by atoms with van der Waals surface area (Å²) in [7, 11) is -3.91. The standard InChI is InChI=1S/C12H14N2O4S/c1-8-3-5-10(6-4-8)19(16,17)18-12-7-11(9(2)15)13-14-12/h3-7,9,15H,1-2H3,(H,13,14)/t9-/m0/s1. The molecule has 0 aliphatic carbocycles. The molecule has 6 nitrogen and oxygen atoms in total. The Morgan fingerprint density at radius 2 is 1.95 bits per heavy atom. The first kappa shape index (κ1) is 13.6. The van der Waals surface area contributed by atoms with Crippen LogP contribution in [0.3, 0.4) is 0 Å². The number of H-pyrrole nitrogens is 1. The highest BCUT2D eigenvalue weighted by Crippen LogP contribution is 2.20. The average molecular weight is 282 g/mol. The largest absolute Gasteiger partial charge is 0.387 e. The highest BCUT2D eigenvalue weighted by atomic mass is 32.2. The maximum atomic E-state index is 12.0. The predicted octanol–water partition coefficient (Wildman–Crippen LogP) is 1.54. The van der Waals surface area contributed by atoms with Gasteiger partial charge in [0.15, 0.2) is 0 Å². The highest BCUT2D eigenvalue weighted by molar-refractivity contribution is 7.87. The van der Waals surface area contributed by atoms with E-state index in [4.69, 9.17) is 4.18 Å². The van der Waals surface area contributed by atoms with Crippen LogP contribution >= 0.6 is 0 Å². The number of aliphatic hydroxyl groups excluding tert-OH is 1. The number of hydrogen-bond acceptors (Lipinski definition) is 5. The molecular weight excluding hydrogens is 268 g/mol. The number of hydrogen-bond donors (Lipinski definition) is 2. The molecule has 0 aliphatic rings. The second-order valence-corrected chi connectivity index (χ2v) is 5.73. The van der Waals surface area contributed by atoms with E-state index in [0.29, 0.717) is 5.69 Å². The lowest BCUT2D eigenvalue weighted by molar-refractivity contribution is 0.194. The Labute approximate surface area is 111 Å². The van der Waals surface area contributed by atoms with E-state index in [0.717, 1.165) is 5.56 Å². The molecule has 0 unspecified atom stereocenters. The molecule has 0 fully saturated rings. The second-order valence-electron chi connectivity index (χ2n) is 4.19. The van der Waals surface area contributed by atoms with Crippen LogP contribution < -0.4 is 4.18 Å². The van der Waals surface area contributed by atoms with Crippen molar-refractivity contribution in [2.24, 2.45) is 0 Å². The van der Waals surface area contributed by atoms with Crippen molar-refractivity contribution < 1.29 is 17.7 Å². The van der Waals surface area contributed by atoms with Crippen LogP contribution in [-0.4, -0.2) is 23.7 Å². The molecule has 2 aromatic rings. The van der Waals surface area contributed by atoms with Crippen molar-refractivity contribution in [3.63, 3.8) is 0 Å². The number of aryl methyl sites for hydroxylation is 1. The zero-order chi connectivity index (χ0) is 14.0. The van der Waals surface area contributed by atoms with Crippen molar-refractivity contribution in [1.29, 1.82) is 0 Å². The van der Waals surface area contributed by atoms with Gasteiger partial charge in [-0.25, -0.2) is 0 Å². The average Bonchev–Trinajstić information content (AvgIpc) is 2.77. The highest BCUT2D eigenvalue weighted by Gasteiger charge is 2.18. The van der Waals surface area contributed by atoms with E-state index in [1.54, 1.807) is 12.1 Å². The molecule has 1 aromatic carbocycles. The Morgan fingerprint density at radius 1 is 1.32 bits per heavy atom. The fourth-order valence-corrected chi connectivity index (χ4v) is 2.32. The molecule has 0 spiro atoms. The third kappa shape index (κ3) is 3.12. The second kappa shape index (κ2) is 5.02. The van der Waals surface area contributed by atoms with Gasteiger partial charge in [0.05, 0.1) is 11.8 Å². The van der Waals surface area contributed by atoms with Gasteiger partial charge in [-0.1, -0.05) is 17.7 Å². The van der Waals surface area contributed by atoms with E-state index < -0.39 is 16.2 Å². The van der Waals surface area contributed by atoms with E-state index in [-0.39, 0.29) is 10.8 Å². The minimum atomic E-state index is -3.91. The molecule has 19 heavy (non-hydrogen) atoms. The summed E-state index contributed by atoms with van der Waals surface area (Å²) >= 11 is 0. The molecule has 1 heterocycles. The van der Waals surface area contributed by atoms with Crippen LogP contribution in [0, 0.1) is 6.92 Å². The first-order valence-corrected chi connectivity index (χ1v) is 7.04. The molecule has 1 atom stereocenters. The summed E-state index contributed by atoms with van der Waals surface area (Å²) in [4.78, 5) is 0.0553. The van der Waals surface area contributed by atoms with Crippen LogP contribution in [0.1, 0.15) is 24.3 Å². The lowest BCUT2D eigenvalue weighted by atomic mass is 10.2. The van der Waals surface area contributed by atoms with Crippen molar-refractivity contribution in [1.82, 2.24) is 10.2 Å². The van der Waals surface area contributed by atoms with Gasteiger partial charge < -0.3 is 9.29 Å². The quantitative estimate of drug-likeness (QED) is 0.830. The van der Waals surface area contributed by atoms with Crippen molar-refractivity contribution in [3.8, 4) is 5.88 Å². The Bertz CT molecular complexity index is 659. The van der Waals surface area contributed by atoms with Crippen LogP contribution in [0.2, 0.25) is 0 Å². The predicted molar refractivity (Wildman–Crippen MR) is 68.2 cm³/mol. The number of nitrogens with one attached hydrogen (secondary N) is 1. The van der Waals surface area contributed by atoms with Crippen LogP contribution in [0.4, 0.5) is 0 Å². The Morgan fingerprint density at radius 3 is 2.47 bits per heavy atom. The summed E-state index contributed by atoms with van der Waals surface area (Å²) < 4.78 is 28.8. The molecule has 0 saturated carbocycles. The summed E-state index contributed by atoms with van der Waals surface area (Å²) in [6.45, 7) is 3.39. The van der Waals surface area contributed by atoms with Gasteiger partial charge in [0.25, 0.3) is 5.88 Å². The van der Waals surface area contributed by atoms with Gasteiger partial charge in [-0.15, -0.1) is 5.10 Å². The SMILES string of the molecule is Cc1ccc(S(=O)(=O)Oc2cc([C@H](C)O)[nH]n2)cc1. The van der Waals surface area contributed by atoms with Gasteiger partial charge in [-0.2, -0.15) is 8.42 Å². The molecule has 7 heteroatoms. The van der Waals surface area contributed by atoms with Crippen LogP contribution in [0.25, 0.3) is 0 Å². The molecule has 0 radical (unpaired) electrons. The van der Waals surface area contributed by atoms with E-state index in [1.807, 2.05) is 6.92 Å². The fourth-order valence-electron chi connectivity index (χ4n) is 1.44. The van der Waals surface area contributed by atoms with Crippen LogP contribution in [0.5, 0.6) is 5.88 Å². The lowest BCUT2D eigenvalue weighted by Gasteiger charge is -2.04. The summed E-state index contributed by atoms with van der Waals surface area (Å²) in [5, 5.41) is 15.5. The number of rotatable bonds is 4. The third-order valence-corrected chi connectivity index (χ3v) is 3.77. The van der Waals surface area contributed by atoms with Gasteiger partial charge in [0.1, 0.15) is 4.90 Å². The number of aliphatic hydroxyl groups is 1. The zero-order valence-electron chi connectivity index (χ0n) is 10.5. The van der Waals surface area contributed by atoms with E-state index in [2.05, 4.69) is 10.2 Å². The first-order chi connectivity index (χ1) is 8.88. The van der Waals surface area contributed by atoms with E-state index >= 15 is 0 Å². The first-order valence-electron chi connectivity index (χ1n) is 5.63. The summed E-state index contributed by atoms with van der Waals surface area (Å²) in [6.07, 6.45) is -0.771. The smallest absolute Gasteiger partial charge is 0.340 e. The number of aromatic nitrogens is 2. The molecule has 0 amide bonds. The van der Waals surface area contributed by atoms with Crippen molar-refractivity contribution in [2.45, 2.75) is 24.8 Å². The van der Waals surface area contributed by atoms with Crippen molar-refractivity contribution in [3.05, 3.63) is 41.6 Å². The van der Waals surface area contributed by atoms with Crippen LogP contribution in [0.15, 0.2) is 35.2 Å². The summed E-state index contributed by atoms with van der Waals surface area (Å²) in [5.41, 5.74) is 1.34. The molecule has 0 saturated heterocycles. The van der Waals surface area contributed by atoms with Crippen molar-refractivity contribution >= 4 is 10.1 Å². The molecule has 102 valence electrons. The third-order valence-electron chi connectivity index (χ3n) is 2.53. The maximum absolute atomic E-state index is 12.0. The molecular formula is C12H14N2O4S. The topological polar surface area (TPSA) is 92.3 Å². The van der Waals surface area contributed by atoms with Gasteiger partial charge in [-0.05, 0) is 26.0 Å². The molecule has 0 bridgehead atoms. The maximum Gasteiger partial charge on any atom is 0.340 e. The fraction of sp³-hybridized carbons (Fsp3) is 0.250. The number of aromatic amines is 1. The Kier molecular flexibility index (Phi) is 3.59. The Balaban J connectivity index is 2.23. The summed E-state index contributed by atoms with van der Waals surface area (Å²) in [5.74, 6) is -0.100. The normalized spacial score (nSPS) is 13.2. The lowest BCUT2D eigenvalue weighted by Crippen LogP contribution is -2.09.